The van der Waals surface area contributed by atoms with Gasteiger partial charge in [-0.2, -0.15) is 0 Å². The monoisotopic (exact) mass is 662 g/mol. The average molecular weight is 663 g/mol. The van der Waals surface area contributed by atoms with E-state index in [9.17, 15) is 0 Å². The molecule has 0 saturated carbocycles. The lowest BCUT2D eigenvalue weighted by atomic mass is 9.76. The van der Waals surface area contributed by atoms with E-state index in [0.717, 1.165) is 34.5 Å². The van der Waals surface area contributed by atoms with Gasteiger partial charge in [0.15, 0.2) is 0 Å². The minimum absolute atomic E-state index is 0.284. The molecule has 48 heavy (non-hydrogen) atoms. The molecule has 6 aromatic rings. The van der Waals surface area contributed by atoms with Gasteiger partial charge in [-0.25, -0.2) is 0 Å². The average Bonchev–Trinajstić information content (AvgIpc) is 3.06. The highest BCUT2D eigenvalue weighted by Crippen LogP contribution is 2.55. The number of fused-ring (bicyclic) bond motifs is 6. The number of ether oxygens (including phenoxy) is 3. The molecule has 0 atom stereocenters. The fourth-order valence-electron chi connectivity index (χ4n) is 7.42. The zero-order valence-corrected chi connectivity index (χ0v) is 29.8. The highest BCUT2D eigenvalue weighted by Gasteiger charge is 2.41. The molecule has 0 fully saturated rings. The number of hydrogen-bond acceptors (Lipinski definition) is 3. The van der Waals surface area contributed by atoms with E-state index in [1.165, 1.54) is 65.2 Å². The smallest absolute Gasteiger partial charge is 0.139 e. The van der Waals surface area contributed by atoms with Crippen molar-refractivity contribution in [1.29, 1.82) is 0 Å². The molecular weight excluding hydrogens is 626 g/mol. The van der Waals surface area contributed by atoms with Crippen molar-refractivity contribution in [3.05, 3.63) is 143 Å². The Labute approximate surface area is 285 Å². The van der Waals surface area contributed by atoms with Gasteiger partial charge < -0.3 is 14.2 Å². The first-order chi connectivity index (χ1) is 23.2. The first-order valence-corrected chi connectivity index (χ1v) is 19.2. The van der Waals surface area contributed by atoms with E-state index in [2.05, 4.69) is 151 Å². The van der Waals surface area contributed by atoms with Crippen LogP contribution in [0.2, 0.25) is 0 Å². The largest absolute Gasteiger partial charge is 0.456 e. The maximum absolute atomic E-state index is 7.41. The van der Waals surface area contributed by atoms with Crippen molar-refractivity contribution in [2.75, 3.05) is 0 Å². The number of para-hydroxylation sites is 2. The summed E-state index contributed by atoms with van der Waals surface area (Å²) in [6, 6.07) is 39.8. The lowest BCUT2D eigenvalue weighted by molar-refractivity contribution is 0.425. The van der Waals surface area contributed by atoms with Gasteiger partial charge >= 0.3 is 0 Å². The third-order valence-corrected chi connectivity index (χ3v) is 14.9. The highest BCUT2D eigenvalue weighted by molar-refractivity contribution is 7.81. The topological polar surface area (TPSA) is 27.7 Å². The summed E-state index contributed by atoms with van der Waals surface area (Å²) in [5.74, 6) is 5.69. The fourth-order valence-corrected chi connectivity index (χ4v) is 12.9. The third-order valence-electron chi connectivity index (χ3n) is 9.88. The van der Waals surface area contributed by atoms with Crippen molar-refractivity contribution < 1.29 is 14.2 Å². The maximum Gasteiger partial charge on any atom is 0.139 e. The summed E-state index contributed by atoms with van der Waals surface area (Å²) in [5, 5.41) is 7.40. The molecule has 0 radical (unpaired) electrons. The van der Waals surface area contributed by atoms with Crippen LogP contribution in [0.4, 0.5) is 0 Å². The van der Waals surface area contributed by atoms with E-state index in [4.69, 9.17) is 14.2 Å². The van der Waals surface area contributed by atoms with Gasteiger partial charge in [-0.3, -0.25) is 0 Å². The Morgan fingerprint density at radius 1 is 0.396 bits per heavy atom. The van der Waals surface area contributed by atoms with Gasteiger partial charge in [0.25, 0.3) is 0 Å². The summed E-state index contributed by atoms with van der Waals surface area (Å²) in [6.45, 7) is 13.4. The second kappa shape index (κ2) is 10.8. The summed E-state index contributed by atoms with van der Waals surface area (Å²) < 4.78 is 20.5. The van der Waals surface area contributed by atoms with Crippen molar-refractivity contribution in [2.45, 2.75) is 47.0 Å². The van der Waals surface area contributed by atoms with Gasteiger partial charge in [-0.15, -0.1) is 0 Å². The highest BCUT2D eigenvalue weighted by atomic mass is 31.1. The van der Waals surface area contributed by atoms with Crippen LogP contribution in [0.1, 0.15) is 47.2 Å². The first kappa shape index (κ1) is 29.7. The number of hydrogen-bond donors (Lipinski definition) is 0. The van der Waals surface area contributed by atoms with Gasteiger partial charge in [0.2, 0.25) is 0 Å². The van der Waals surface area contributed by atoms with Gasteiger partial charge in [0.05, 0.1) is 0 Å². The molecule has 0 aromatic heterocycles. The number of aryl methyl sites for hydroxylation is 4. The second-order valence-electron chi connectivity index (χ2n) is 13.8. The molecule has 0 unspecified atom stereocenters. The molecular formula is C43H36O3P2. The van der Waals surface area contributed by atoms with Crippen molar-refractivity contribution >= 4 is 47.7 Å². The summed E-state index contributed by atoms with van der Waals surface area (Å²) in [5.41, 5.74) is 7.06. The Hall–Kier alpha value is -4.42. The van der Waals surface area contributed by atoms with Crippen molar-refractivity contribution in [2.24, 2.45) is 0 Å². The molecule has 0 amide bonds. The van der Waals surface area contributed by atoms with E-state index < -0.39 is 15.8 Å². The SMILES string of the molecule is Cc1ccc2c(c1)P(c1cccc3c1Oc1c(P4c5cc(C)ccc5Oc5ccc(C)cc54)cccc1C3(C)C)c1cc(C)ccc1O2. The minimum atomic E-state index is -0.958. The fraction of sp³-hybridized carbons (Fsp3) is 0.163. The van der Waals surface area contributed by atoms with Crippen molar-refractivity contribution in [3.8, 4) is 34.5 Å². The molecule has 0 saturated heterocycles. The molecule has 0 spiro atoms. The standard InChI is InChI=1S/C43H36O3P2/c1-25-13-17-31-37(21-25)47(38-22-26(2)14-18-32(38)44-31)35-11-7-9-29-41(35)46-42-30(43(29,5)6)10-8-12-36(42)48-39-23-27(3)15-19-33(39)45-34-20-16-28(4)24-40(34)48/h7-24H,1-6H3. The third kappa shape index (κ3) is 4.48. The molecule has 3 nitrogen and oxygen atoms in total. The van der Waals surface area contributed by atoms with E-state index in [1.54, 1.807) is 0 Å². The number of benzene rings is 6. The quantitative estimate of drug-likeness (QED) is 0.173. The van der Waals surface area contributed by atoms with Crippen LogP contribution in [0.25, 0.3) is 0 Å². The molecule has 0 bridgehead atoms. The van der Waals surface area contributed by atoms with E-state index in [0.29, 0.717) is 0 Å². The lowest BCUT2D eigenvalue weighted by Crippen LogP contribution is -2.34. The van der Waals surface area contributed by atoms with Crippen LogP contribution >= 0.6 is 15.8 Å². The predicted molar refractivity (Wildman–Crippen MR) is 202 cm³/mol. The van der Waals surface area contributed by atoms with Crippen LogP contribution in [-0.4, -0.2) is 0 Å². The molecule has 236 valence electrons. The van der Waals surface area contributed by atoms with Crippen LogP contribution in [0.5, 0.6) is 34.5 Å². The number of rotatable bonds is 2. The molecule has 5 heteroatoms. The Bertz CT molecular complexity index is 2060. The van der Waals surface area contributed by atoms with Crippen LogP contribution in [0.3, 0.4) is 0 Å². The second-order valence-corrected chi connectivity index (χ2v) is 18.0. The normalized spacial score (nSPS) is 15.4. The zero-order chi connectivity index (χ0) is 32.9. The Morgan fingerprint density at radius 3 is 1.06 bits per heavy atom. The van der Waals surface area contributed by atoms with Gasteiger partial charge in [-0.1, -0.05) is 96.8 Å². The predicted octanol–water partition coefficient (Wildman–Crippen LogP) is 9.08. The lowest BCUT2D eigenvalue weighted by Gasteiger charge is -2.39. The summed E-state index contributed by atoms with van der Waals surface area (Å²) in [7, 11) is -1.92. The van der Waals surface area contributed by atoms with Crippen molar-refractivity contribution in [3.63, 3.8) is 0 Å². The molecule has 3 heterocycles. The minimum Gasteiger partial charge on any atom is -0.456 e. The Kier molecular flexibility index (Phi) is 6.68. The van der Waals surface area contributed by atoms with Crippen LogP contribution in [0.15, 0.2) is 109 Å². The van der Waals surface area contributed by atoms with Crippen LogP contribution in [-0.2, 0) is 5.41 Å². The van der Waals surface area contributed by atoms with E-state index in [1.807, 2.05) is 0 Å². The maximum atomic E-state index is 7.41. The molecule has 0 N–H and O–H groups in total. The summed E-state index contributed by atoms with van der Waals surface area (Å²) >= 11 is 0. The van der Waals surface area contributed by atoms with E-state index >= 15 is 0 Å². The zero-order valence-electron chi connectivity index (χ0n) is 28.0. The Morgan fingerprint density at radius 2 is 0.729 bits per heavy atom. The summed E-state index contributed by atoms with van der Waals surface area (Å²) in [4.78, 5) is 0. The first-order valence-electron chi connectivity index (χ1n) is 16.5. The van der Waals surface area contributed by atoms with Gasteiger partial charge in [-0.05, 0) is 92.1 Å². The van der Waals surface area contributed by atoms with Crippen molar-refractivity contribution in [1.82, 2.24) is 0 Å². The molecule has 3 aliphatic rings. The molecule has 6 aromatic carbocycles. The van der Waals surface area contributed by atoms with Crippen LogP contribution in [0, 0.1) is 27.7 Å². The Balaban J connectivity index is 1.28. The van der Waals surface area contributed by atoms with Crippen LogP contribution < -0.4 is 46.0 Å². The molecule has 9 rings (SSSR count). The van der Waals surface area contributed by atoms with E-state index in [-0.39, 0.29) is 5.41 Å². The summed E-state index contributed by atoms with van der Waals surface area (Å²) in [6.07, 6.45) is 0. The molecule has 0 aliphatic carbocycles. The van der Waals surface area contributed by atoms with Gasteiger partial charge in [0.1, 0.15) is 34.5 Å². The van der Waals surface area contributed by atoms with Gasteiger partial charge in [0, 0.05) is 48.4 Å². The molecule has 3 aliphatic heterocycles.